The molecule has 0 saturated heterocycles. The smallest absolute Gasteiger partial charge is 0.269 e. The fourth-order valence-electron chi connectivity index (χ4n) is 3.16. The zero-order valence-corrected chi connectivity index (χ0v) is 16.5. The van der Waals surface area contributed by atoms with Crippen LogP contribution in [0.15, 0.2) is 59.7 Å². The highest BCUT2D eigenvalue weighted by Crippen LogP contribution is 2.22. The largest absolute Gasteiger partial charge is 0.318 e. The van der Waals surface area contributed by atoms with Gasteiger partial charge in [0.2, 0.25) is 0 Å². The quantitative estimate of drug-likeness (QED) is 0.347. The maximum Gasteiger partial charge on any atom is 0.269 e. The number of hydrogen-bond donors (Lipinski definition) is 1. The molecule has 0 amide bonds. The van der Waals surface area contributed by atoms with Crippen LogP contribution in [-0.2, 0) is 0 Å². The molecule has 6 heteroatoms. The lowest BCUT2D eigenvalue weighted by Crippen LogP contribution is -2.00. The van der Waals surface area contributed by atoms with Crippen LogP contribution in [0.25, 0.3) is 5.69 Å². The van der Waals surface area contributed by atoms with Crippen molar-refractivity contribution in [3.05, 3.63) is 87.2 Å². The van der Waals surface area contributed by atoms with Crippen molar-refractivity contribution in [2.75, 3.05) is 5.43 Å². The van der Waals surface area contributed by atoms with E-state index < -0.39 is 4.92 Å². The number of nitrogens with zero attached hydrogens (tertiary/aromatic N) is 3. The predicted octanol–water partition coefficient (Wildman–Crippen LogP) is 5.57. The maximum atomic E-state index is 10.7. The fourth-order valence-corrected chi connectivity index (χ4v) is 3.16. The first-order valence-corrected chi connectivity index (χ1v) is 9.19. The van der Waals surface area contributed by atoms with Crippen molar-refractivity contribution >= 4 is 17.6 Å². The van der Waals surface area contributed by atoms with Crippen LogP contribution in [0.2, 0.25) is 0 Å². The number of nitro groups is 1. The number of nitro benzene ring substituents is 1. The number of rotatable bonds is 6. The van der Waals surface area contributed by atoms with Crippen molar-refractivity contribution in [3.8, 4) is 5.69 Å². The summed E-state index contributed by atoms with van der Waals surface area (Å²) in [4.78, 5) is 10.3. The Labute approximate surface area is 164 Å². The third kappa shape index (κ3) is 4.11. The molecule has 0 saturated carbocycles. The Morgan fingerprint density at radius 3 is 2.29 bits per heavy atom. The first kappa shape index (κ1) is 19.4. The number of anilines is 1. The molecule has 28 heavy (non-hydrogen) atoms. The number of hydrogen-bond acceptors (Lipinski definition) is 4. The van der Waals surface area contributed by atoms with E-state index in [1.807, 2.05) is 0 Å². The summed E-state index contributed by atoms with van der Waals surface area (Å²) < 4.78 is 2.21. The van der Waals surface area contributed by atoms with Gasteiger partial charge < -0.3 is 4.57 Å². The highest BCUT2D eigenvalue weighted by molar-refractivity contribution is 5.82. The van der Waals surface area contributed by atoms with E-state index in [2.05, 4.69) is 73.1 Å². The van der Waals surface area contributed by atoms with Gasteiger partial charge in [-0.2, -0.15) is 5.10 Å². The van der Waals surface area contributed by atoms with Crippen molar-refractivity contribution < 1.29 is 4.92 Å². The van der Waals surface area contributed by atoms with Gasteiger partial charge in [0.15, 0.2) is 0 Å². The van der Waals surface area contributed by atoms with E-state index >= 15 is 0 Å². The van der Waals surface area contributed by atoms with Crippen LogP contribution in [0, 0.1) is 24.0 Å². The zero-order valence-electron chi connectivity index (χ0n) is 16.5. The Hall–Kier alpha value is -3.41. The van der Waals surface area contributed by atoms with Gasteiger partial charge in [-0.15, -0.1) is 0 Å². The summed E-state index contributed by atoms with van der Waals surface area (Å²) >= 11 is 0. The minimum atomic E-state index is -0.421. The van der Waals surface area contributed by atoms with Crippen LogP contribution in [0.3, 0.4) is 0 Å². The van der Waals surface area contributed by atoms with Gasteiger partial charge in [-0.3, -0.25) is 15.5 Å². The molecule has 2 aromatic carbocycles. The Morgan fingerprint density at radius 1 is 1.07 bits per heavy atom. The van der Waals surface area contributed by atoms with Crippen LogP contribution in [-0.4, -0.2) is 15.7 Å². The van der Waals surface area contributed by atoms with Crippen molar-refractivity contribution in [2.24, 2.45) is 5.10 Å². The van der Waals surface area contributed by atoms with E-state index in [4.69, 9.17) is 0 Å². The summed E-state index contributed by atoms with van der Waals surface area (Å²) in [6.45, 7) is 8.52. The van der Waals surface area contributed by atoms with Gasteiger partial charge in [0.25, 0.3) is 5.69 Å². The van der Waals surface area contributed by atoms with E-state index in [0.717, 1.165) is 22.6 Å². The lowest BCUT2D eigenvalue weighted by Gasteiger charge is -2.12. The molecule has 0 aliphatic rings. The molecule has 0 unspecified atom stereocenters. The summed E-state index contributed by atoms with van der Waals surface area (Å²) in [5, 5.41) is 15.0. The van der Waals surface area contributed by atoms with Crippen LogP contribution in [0.4, 0.5) is 11.4 Å². The van der Waals surface area contributed by atoms with Gasteiger partial charge in [0.05, 0.1) is 16.8 Å². The van der Waals surface area contributed by atoms with Gasteiger partial charge >= 0.3 is 0 Å². The van der Waals surface area contributed by atoms with E-state index in [0.29, 0.717) is 11.6 Å². The molecule has 1 heterocycles. The minimum Gasteiger partial charge on any atom is -0.318 e. The van der Waals surface area contributed by atoms with Crippen LogP contribution >= 0.6 is 0 Å². The molecule has 3 aromatic rings. The molecule has 0 fully saturated rings. The number of hydrazone groups is 1. The van der Waals surface area contributed by atoms with Crippen molar-refractivity contribution in [1.29, 1.82) is 0 Å². The molecule has 1 aromatic heterocycles. The van der Waals surface area contributed by atoms with Crippen molar-refractivity contribution in [1.82, 2.24) is 4.57 Å². The topological polar surface area (TPSA) is 72.5 Å². The number of aromatic nitrogens is 1. The van der Waals surface area contributed by atoms with E-state index in [1.54, 1.807) is 18.3 Å². The average molecular weight is 376 g/mol. The summed E-state index contributed by atoms with van der Waals surface area (Å²) in [6, 6.07) is 16.9. The third-order valence-electron chi connectivity index (χ3n) is 4.76. The second-order valence-electron chi connectivity index (χ2n) is 7.08. The Bertz CT molecular complexity index is 1000. The third-order valence-corrected chi connectivity index (χ3v) is 4.76. The summed E-state index contributed by atoms with van der Waals surface area (Å²) in [5.74, 6) is 0.508. The number of benzene rings is 2. The Morgan fingerprint density at radius 2 is 1.71 bits per heavy atom. The predicted molar refractivity (Wildman–Crippen MR) is 114 cm³/mol. The summed E-state index contributed by atoms with van der Waals surface area (Å²) in [5.41, 5.74) is 9.36. The van der Waals surface area contributed by atoms with E-state index in [-0.39, 0.29) is 5.69 Å². The average Bonchev–Trinajstić information content (AvgIpc) is 2.95. The molecule has 0 aliphatic carbocycles. The zero-order chi connectivity index (χ0) is 20.3. The summed E-state index contributed by atoms with van der Waals surface area (Å²) in [6.07, 6.45) is 1.77. The van der Waals surface area contributed by atoms with Crippen LogP contribution < -0.4 is 5.43 Å². The molecule has 0 aliphatic heterocycles. The maximum absolute atomic E-state index is 10.7. The lowest BCUT2D eigenvalue weighted by molar-refractivity contribution is -0.384. The Kier molecular flexibility index (Phi) is 5.59. The molecule has 3 rings (SSSR count). The number of aryl methyl sites for hydroxylation is 1. The molecular formula is C22H24N4O2. The molecule has 6 nitrogen and oxygen atoms in total. The molecule has 144 valence electrons. The fraction of sp³-hybridized carbons (Fsp3) is 0.227. The number of non-ortho nitro benzene ring substituents is 1. The molecule has 1 N–H and O–H groups in total. The normalized spacial score (nSPS) is 11.3. The van der Waals surface area contributed by atoms with Gasteiger partial charge in [-0.1, -0.05) is 26.0 Å². The lowest BCUT2D eigenvalue weighted by atomic mass is 10.0. The molecule has 0 bridgehead atoms. The van der Waals surface area contributed by atoms with Gasteiger partial charge in [0, 0.05) is 34.8 Å². The minimum absolute atomic E-state index is 0.0570. The highest BCUT2D eigenvalue weighted by atomic mass is 16.6. The van der Waals surface area contributed by atoms with Gasteiger partial charge in [0.1, 0.15) is 0 Å². The monoisotopic (exact) mass is 376 g/mol. The van der Waals surface area contributed by atoms with Crippen molar-refractivity contribution in [3.63, 3.8) is 0 Å². The van der Waals surface area contributed by atoms with Crippen LogP contribution in [0.5, 0.6) is 0 Å². The second kappa shape index (κ2) is 8.08. The van der Waals surface area contributed by atoms with Gasteiger partial charge in [-0.25, -0.2) is 0 Å². The first-order chi connectivity index (χ1) is 13.4. The van der Waals surface area contributed by atoms with E-state index in [9.17, 15) is 10.1 Å². The Balaban J connectivity index is 1.77. The molecule has 0 atom stereocenters. The van der Waals surface area contributed by atoms with Crippen molar-refractivity contribution in [2.45, 2.75) is 33.6 Å². The molecule has 0 spiro atoms. The standard InChI is InChI=1S/C22H24N4O2/c1-15(2)18-5-9-21(10-6-18)25-16(3)13-19(17(25)4)14-23-24-20-7-11-22(12-8-20)26(27)28/h5-15,24H,1-4H3. The SMILES string of the molecule is Cc1cc(C=NNc2ccc([N+](=O)[O-])cc2)c(C)n1-c1ccc(C(C)C)cc1. The molecule has 0 radical (unpaired) electrons. The van der Waals surface area contributed by atoms with E-state index in [1.165, 1.54) is 17.7 Å². The second-order valence-corrected chi connectivity index (χ2v) is 7.08. The van der Waals surface area contributed by atoms with Gasteiger partial charge in [-0.05, 0) is 55.7 Å². The van der Waals surface area contributed by atoms with Crippen LogP contribution in [0.1, 0.15) is 42.3 Å². The highest BCUT2D eigenvalue weighted by Gasteiger charge is 2.10. The molecular weight excluding hydrogens is 352 g/mol. The summed E-state index contributed by atoms with van der Waals surface area (Å²) in [7, 11) is 0. The first-order valence-electron chi connectivity index (χ1n) is 9.19. The number of nitrogens with one attached hydrogen (secondary N) is 1.